The van der Waals surface area contributed by atoms with E-state index in [2.05, 4.69) is 4.72 Å². The summed E-state index contributed by atoms with van der Waals surface area (Å²) in [5.74, 6) is -0.436. The molecule has 0 saturated carbocycles. The lowest BCUT2D eigenvalue weighted by Gasteiger charge is -2.13. The molecule has 0 radical (unpaired) electrons. The van der Waals surface area contributed by atoms with Gasteiger partial charge in [0, 0.05) is 10.6 Å². The Bertz CT molecular complexity index is 760. The molecule has 112 valence electrons. The van der Waals surface area contributed by atoms with Gasteiger partial charge in [0.1, 0.15) is 6.04 Å². The van der Waals surface area contributed by atoms with Gasteiger partial charge in [-0.15, -0.1) is 11.8 Å². The Labute approximate surface area is 128 Å². The number of fused-ring (bicyclic) bond motifs is 1. The van der Waals surface area contributed by atoms with E-state index in [0.717, 1.165) is 21.9 Å². The van der Waals surface area contributed by atoms with Crippen LogP contribution >= 0.6 is 11.8 Å². The van der Waals surface area contributed by atoms with Gasteiger partial charge in [-0.1, -0.05) is 30.3 Å². The van der Waals surface area contributed by atoms with Gasteiger partial charge in [0.2, 0.25) is 15.9 Å². The minimum atomic E-state index is -3.47. The highest BCUT2D eigenvalue weighted by atomic mass is 32.2. The van der Waals surface area contributed by atoms with E-state index in [4.69, 9.17) is 5.73 Å². The lowest BCUT2D eigenvalue weighted by Crippen LogP contribution is -2.45. The molecule has 0 aliphatic carbocycles. The largest absolute Gasteiger partial charge is 0.368 e. The Morgan fingerprint density at radius 2 is 1.90 bits per heavy atom. The van der Waals surface area contributed by atoms with Crippen LogP contribution < -0.4 is 10.5 Å². The molecular formula is C14H16N2O3S2. The Balaban J connectivity index is 2.10. The number of hydrogen-bond donors (Lipinski definition) is 2. The Kier molecular flexibility index (Phi) is 4.87. The number of hydrogen-bond acceptors (Lipinski definition) is 4. The Morgan fingerprint density at radius 1 is 1.24 bits per heavy atom. The molecule has 1 atom stereocenters. The molecule has 0 spiro atoms. The third kappa shape index (κ3) is 4.73. The first kappa shape index (κ1) is 15.8. The van der Waals surface area contributed by atoms with Crippen molar-refractivity contribution < 1.29 is 13.2 Å². The van der Waals surface area contributed by atoms with Crippen LogP contribution in [-0.4, -0.2) is 32.4 Å². The van der Waals surface area contributed by atoms with Gasteiger partial charge in [0.15, 0.2) is 0 Å². The molecule has 2 aromatic rings. The van der Waals surface area contributed by atoms with E-state index in [-0.39, 0.29) is 5.75 Å². The summed E-state index contributed by atoms with van der Waals surface area (Å²) in [7, 11) is -3.47. The molecule has 0 fully saturated rings. The summed E-state index contributed by atoms with van der Waals surface area (Å²) in [6.07, 6.45) is 1.00. The van der Waals surface area contributed by atoms with Crippen LogP contribution in [0.25, 0.3) is 10.8 Å². The van der Waals surface area contributed by atoms with Crippen molar-refractivity contribution in [2.45, 2.75) is 10.9 Å². The van der Waals surface area contributed by atoms with Crippen LogP contribution in [0, 0.1) is 0 Å². The van der Waals surface area contributed by atoms with Crippen LogP contribution in [0.3, 0.4) is 0 Å². The molecule has 1 amide bonds. The number of thioether (sulfide) groups is 1. The second-order valence-corrected chi connectivity index (χ2v) is 7.54. The predicted molar refractivity (Wildman–Crippen MR) is 85.6 cm³/mol. The van der Waals surface area contributed by atoms with E-state index in [1.54, 1.807) is 0 Å². The molecule has 0 saturated heterocycles. The maximum atomic E-state index is 11.3. The van der Waals surface area contributed by atoms with Crippen molar-refractivity contribution in [1.29, 1.82) is 0 Å². The molecule has 7 heteroatoms. The Morgan fingerprint density at radius 3 is 2.52 bits per heavy atom. The average molecular weight is 324 g/mol. The molecule has 0 aromatic heterocycles. The van der Waals surface area contributed by atoms with E-state index in [9.17, 15) is 13.2 Å². The zero-order valence-electron chi connectivity index (χ0n) is 11.4. The molecule has 2 aromatic carbocycles. The van der Waals surface area contributed by atoms with Gasteiger partial charge in [0.25, 0.3) is 0 Å². The third-order valence-electron chi connectivity index (χ3n) is 2.84. The number of carbonyl (C=O) groups is 1. The van der Waals surface area contributed by atoms with Crippen molar-refractivity contribution in [3.05, 3.63) is 42.5 Å². The molecule has 0 bridgehead atoms. The van der Waals surface area contributed by atoms with Crippen LogP contribution in [0.1, 0.15) is 0 Å². The number of nitrogens with one attached hydrogen (secondary N) is 1. The number of nitrogens with two attached hydrogens (primary N) is 1. The molecule has 0 aliphatic rings. The van der Waals surface area contributed by atoms with E-state index in [1.807, 2.05) is 42.5 Å². The fourth-order valence-corrected chi connectivity index (χ4v) is 3.67. The van der Waals surface area contributed by atoms with Gasteiger partial charge in [-0.05, 0) is 22.9 Å². The highest BCUT2D eigenvalue weighted by molar-refractivity contribution is 7.99. The molecule has 5 nitrogen and oxygen atoms in total. The topological polar surface area (TPSA) is 89.3 Å². The van der Waals surface area contributed by atoms with Crippen molar-refractivity contribution in [3.63, 3.8) is 0 Å². The molecule has 0 aliphatic heterocycles. The first-order valence-corrected chi connectivity index (χ1v) is 9.11. The minimum absolute atomic E-state index is 0.251. The summed E-state index contributed by atoms with van der Waals surface area (Å²) in [4.78, 5) is 12.2. The number of carbonyl (C=O) groups excluding carboxylic acids is 1. The molecule has 0 heterocycles. The molecule has 0 unspecified atom stereocenters. The van der Waals surface area contributed by atoms with E-state index in [1.165, 1.54) is 11.8 Å². The molecule has 2 rings (SSSR count). The van der Waals surface area contributed by atoms with E-state index in [0.29, 0.717) is 0 Å². The molecule has 3 N–H and O–H groups in total. The van der Waals surface area contributed by atoms with Gasteiger partial charge in [-0.3, -0.25) is 4.79 Å². The number of sulfonamides is 1. The lowest BCUT2D eigenvalue weighted by molar-refractivity contribution is -0.119. The predicted octanol–water partition coefficient (Wildman–Crippen LogP) is 1.33. The first-order chi connectivity index (χ1) is 9.85. The summed E-state index contributed by atoms with van der Waals surface area (Å²) in [6.45, 7) is 0. The summed E-state index contributed by atoms with van der Waals surface area (Å²) in [5, 5.41) is 2.22. The van der Waals surface area contributed by atoms with Crippen molar-refractivity contribution in [3.8, 4) is 0 Å². The highest BCUT2D eigenvalue weighted by Gasteiger charge is 2.19. The maximum Gasteiger partial charge on any atom is 0.236 e. The summed E-state index contributed by atoms with van der Waals surface area (Å²) < 4.78 is 24.6. The van der Waals surface area contributed by atoms with Gasteiger partial charge in [0.05, 0.1) is 6.26 Å². The number of rotatable bonds is 6. The van der Waals surface area contributed by atoms with Gasteiger partial charge >= 0.3 is 0 Å². The first-order valence-electron chi connectivity index (χ1n) is 6.23. The fourth-order valence-electron chi connectivity index (χ4n) is 1.87. The quantitative estimate of drug-likeness (QED) is 0.785. The zero-order chi connectivity index (χ0) is 15.5. The number of amides is 1. The molecule has 21 heavy (non-hydrogen) atoms. The standard InChI is InChI=1S/C14H16N2O3S2/c1-21(18,19)16-13(14(15)17)9-20-12-7-6-10-4-2-3-5-11(10)8-12/h2-8,13,16H,9H2,1H3,(H2,15,17)/t13-/m1/s1. The smallest absolute Gasteiger partial charge is 0.236 e. The van der Waals surface area contributed by atoms with E-state index < -0.39 is 22.0 Å². The average Bonchev–Trinajstić information content (AvgIpc) is 2.41. The number of benzene rings is 2. The van der Waals surface area contributed by atoms with Gasteiger partial charge < -0.3 is 5.73 Å². The van der Waals surface area contributed by atoms with Crippen molar-refractivity contribution in [1.82, 2.24) is 4.72 Å². The summed E-state index contributed by atoms with van der Waals surface area (Å²) in [5.41, 5.74) is 5.22. The van der Waals surface area contributed by atoms with Gasteiger partial charge in [-0.2, -0.15) is 0 Å². The third-order valence-corrected chi connectivity index (χ3v) is 4.64. The van der Waals surface area contributed by atoms with Crippen LogP contribution in [0.15, 0.2) is 47.4 Å². The number of primary amides is 1. The maximum absolute atomic E-state index is 11.3. The SMILES string of the molecule is CS(=O)(=O)N[C@H](CSc1ccc2ccccc2c1)C(N)=O. The van der Waals surface area contributed by atoms with Crippen LogP contribution in [-0.2, 0) is 14.8 Å². The minimum Gasteiger partial charge on any atom is -0.368 e. The molecular weight excluding hydrogens is 308 g/mol. The normalized spacial score (nSPS) is 13.2. The van der Waals surface area contributed by atoms with Gasteiger partial charge in [-0.25, -0.2) is 13.1 Å². The second kappa shape index (κ2) is 6.46. The van der Waals surface area contributed by atoms with E-state index >= 15 is 0 Å². The van der Waals surface area contributed by atoms with Crippen LogP contribution in [0.4, 0.5) is 0 Å². The zero-order valence-corrected chi connectivity index (χ0v) is 13.1. The van der Waals surface area contributed by atoms with Crippen LogP contribution in [0.2, 0.25) is 0 Å². The Hall–Kier alpha value is -1.57. The van der Waals surface area contributed by atoms with Crippen molar-refractivity contribution >= 4 is 38.5 Å². The van der Waals surface area contributed by atoms with Crippen molar-refractivity contribution in [2.75, 3.05) is 12.0 Å². The van der Waals surface area contributed by atoms with Crippen LogP contribution in [0.5, 0.6) is 0 Å². The fraction of sp³-hybridized carbons (Fsp3) is 0.214. The lowest BCUT2D eigenvalue weighted by atomic mass is 10.1. The summed E-state index contributed by atoms with van der Waals surface area (Å²) in [6, 6.07) is 12.9. The summed E-state index contributed by atoms with van der Waals surface area (Å²) >= 11 is 1.38. The monoisotopic (exact) mass is 324 g/mol. The second-order valence-electron chi connectivity index (χ2n) is 4.66. The van der Waals surface area contributed by atoms with Crippen molar-refractivity contribution in [2.24, 2.45) is 5.73 Å². The highest BCUT2D eigenvalue weighted by Crippen LogP contribution is 2.24.